The Kier molecular flexibility index (Phi) is 7.74. The van der Waals surface area contributed by atoms with Crippen molar-refractivity contribution in [3.05, 3.63) is 12.2 Å². The number of nitrogens with one attached hydrogen (secondary N) is 1. The summed E-state index contributed by atoms with van der Waals surface area (Å²) in [5, 5.41) is 3.04. The monoisotopic (exact) mass is 309 g/mol. The molecule has 1 N–H and O–H groups in total. The molecule has 126 valence electrons. The van der Waals surface area contributed by atoms with Crippen molar-refractivity contribution in [1.82, 2.24) is 15.1 Å². The molecular weight excluding hydrogens is 278 g/mol. The molecule has 0 spiro atoms. The lowest BCUT2D eigenvalue weighted by Crippen LogP contribution is -2.47. The van der Waals surface area contributed by atoms with Crippen molar-refractivity contribution in [2.24, 2.45) is 5.92 Å². The van der Waals surface area contributed by atoms with E-state index in [0.717, 1.165) is 71.7 Å². The molecule has 0 aromatic heterocycles. The van der Waals surface area contributed by atoms with Gasteiger partial charge in [-0.15, -0.1) is 0 Å². The summed E-state index contributed by atoms with van der Waals surface area (Å²) in [5.74, 6) is 0.613. The predicted octanol–water partition coefficient (Wildman–Crippen LogP) is 2.10. The highest BCUT2D eigenvalue weighted by Gasteiger charge is 2.20. The molecule has 1 aliphatic carbocycles. The van der Waals surface area contributed by atoms with E-state index in [9.17, 15) is 4.79 Å². The molecule has 1 saturated heterocycles. The Morgan fingerprint density at radius 1 is 1.36 bits per heavy atom. The molecule has 1 fully saturated rings. The second-order valence-electron chi connectivity index (χ2n) is 6.28. The van der Waals surface area contributed by atoms with Crippen LogP contribution in [0.3, 0.4) is 0 Å². The number of hydrogen-bond donors (Lipinski definition) is 1. The molecule has 1 heterocycles. The van der Waals surface area contributed by atoms with Crippen molar-refractivity contribution in [3.63, 3.8) is 0 Å². The summed E-state index contributed by atoms with van der Waals surface area (Å²) in [6, 6.07) is 0.102. The van der Waals surface area contributed by atoms with Crippen LogP contribution in [0.1, 0.15) is 32.6 Å². The van der Waals surface area contributed by atoms with Gasteiger partial charge in [0.05, 0.1) is 13.2 Å². The summed E-state index contributed by atoms with van der Waals surface area (Å²) in [4.78, 5) is 16.8. The molecule has 0 bridgehead atoms. The average molecular weight is 309 g/mol. The first-order valence-corrected chi connectivity index (χ1v) is 8.77. The van der Waals surface area contributed by atoms with Gasteiger partial charge in [0.25, 0.3) is 0 Å². The summed E-state index contributed by atoms with van der Waals surface area (Å²) in [6.07, 6.45) is 8.96. The van der Waals surface area contributed by atoms with E-state index >= 15 is 0 Å². The molecule has 1 aliphatic heterocycles. The van der Waals surface area contributed by atoms with Crippen LogP contribution in [0.25, 0.3) is 0 Å². The molecule has 0 saturated carbocycles. The third kappa shape index (κ3) is 5.97. The van der Waals surface area contributed by atoms with E-state index in [-0.39, 0.29) is 6.03 Å². The molecule has 2 aliphatic rings. The maximum Gasteiger partial charge on any atom is 0.317 e. The van der Waals surface area contributed by atoms with Crippen LogP contribution in [0.4, 0.5) is 4.79 Å². The van der Waals surface area contributed by atoms with Crippen LogP contribution in [-0.2, 0) is 4.74 Å². The molecule has 5 nitrogen and oxygen atoms in total. The first kappa shape index (κ1) is 17.3. The van der Waals surface area contributed by atoms with Gasteiger partial charge in [0.15, 0.2) is 0 Å². The number of morpholine rings is 1. The third-order valence-electron chi connectivity index (χ3n) is 4.46. The van der Waals surface area contributed by atoms with Crippen LogP contribution < -0.4 is 5.32 Å². The molecule has 22 heavy (non-hydrogen) atoms. The van der Waals surface area contributed by atoms with Crippen LogP contribution in [0.15, 0.2) is 12.2 Å². The minimum absolute atomic E-state index is 0.102. The number of urea groups is 1. The second-order valence-corrected chi connectivity index (χ2v) is 6.28. The molecule has 0 aromatic carbocycles. The van der Waals surface area contributed by atoms with Crippen molar-refractivity contribution < 1.29 is 9.53 Å². The molecule has 0 radical (unpaired) electrons. The van der Waals surface area contributed by atoms with E-state index in [4.69, 9.17) is 4.74 Å². The van der Waals surface area contributed by atoms with Gasteiger partial charge in [0.1, 0.15) is 0 Å². The molecule has 2 amide bonds. The number of carbonyl (C=O) groups excluding carboxylic acids is 1. The van der Waals surface area contributed by atoms with E-state index in [0.29, 0.717) is 5.92 Å². The average Bonchev–Trinajstić information content (AvgIpc) is 2.58. The zero-order chi connectivity index (χ0) is 15.6. The zero-order valence-electron chi connectivity index (χ0n) is 13.9. The molecule has 5 heteroatoms. The Hall–Kier alpha value is -1.07. The number of nitrogens with zero attached hydrogens (tertiary/aromatic N) is 2. The minimum Gasteiger partial charge on any atom is -0.379 e. The highest BCUT2D eigenvalue weighted by atomic mass is 16.5. The molecule has 0 unspecified atom stereocenters. The van der Waals surface area contributed by atoms with Crippen LogP contribution in [0.5, 0.6) is 0 Å². The van der Waals surface area contributed by atoms with Crippen LogP contribution >= 0.6 is 0 Å². The Morgan fingerprint density at radius 3 is 2.86 bits per heavy atom. The highest BCUT2D eigenvalue weighted by molar-refractivity contribution is 5.74. The number of carbonyl (C=O) groups is 1. The van der Waals surface area contributed by atoms with Gasteiger partial charge in [-0.3, -0.25) is 4.90 Å². The van der Waals surface area contributed by atoms with Gasteiger partial charge >= 0.3 is 6.03 Å². The Morgan fingerprint density at radius 2 is 2.18 bits per heavy atom. The normalized spacial score (nSPS) is 22.5. The van der Waals surface area contributed by atoms with E-state index in [2.05, 4.69) is 29.3 Å². The lowest BCUT2D eigenvalue weighted by atomic mass is 9.94. The largest absolute Gasteiger partial charge is 0.379 e. The quantitative estimate of drug-likeness (QED) is 0.733. The fourth-order valence-corrected chi connectivity index (χ4v) is 3.04. The Bertz CT molecular complexity index is 354. The molecular formula is C17H31N3O2. The second kappa shape index (κ2) is 9.85. The van der Waals surface area contributed by atoms with Crippen molar-refractivity contribution in [2.45, 2.75) is 32.6 Å². The Balaban J connectivity index is 1.82. The van der Waals surface area contributed by atoms with Crippen molar-refractivity contribution in [2.75, 3.05) is 52.5 Å². The first-order valence-electron chi connectivity index (χ1n) is 8.77. The topological polar surface area (TPSA) is 44.8 Å². The van der Waals surface area contributed by atoms with E-state index in [1.54, 1.807) is 0 Å². The van der Waals surface area contributed by atoms with Crippen molar-refractivity contribution in [1.29, 1.82) is 0 Å². The maximum atomic E-state index is 12.4. The van der Waals surface area contributed by atoms with Crippen molar-refractivity contribution >= 4 is 6.03 Å². The lowest BCUT2D eigenvalue weighted by Gasteiger charge is -2.32. The summed E-state index contributed by atoms with van der Waals surface area (Å²) < 4.78 is 5.39. The highest BCUT2D eigenvalue weighted by Crippen LogP contribution is 2.19. The molecule has 1 atom stereocenters. The smallest absolute Gasteiger partial charge is 0.317 e. The number of ether oxygens (including phenoxy) is 1. The number of amides is 2. The molecule has 0 aromatic rings. The summed E-state index contributed by atoms with van der Waals surface area (Å²) in [6.45, 7) is 9.09. The van der Waals surface area contributed by atoms with Gasteiger partial charge in [-0.05, 0) is 31.6 Å². The zero-order valence-corrected chi connectivity index (χ0v) is 13.9. The van der Waals surface area contributed by atoms with Crippen molar-refractivity contribution in [3.8, 4) is 0 Å². The fourth-order valence-electron chi connectivity index (χ4n) is 3.04. The van der Waals surface area contributed by atoms with Gasteiger partial charge in [-0.25, -0.2) is 4.79 Å². The van der Waals surface area contributed by atoms with Gasteiger partial charge in [0, 0.05) is 39.3 Å². The van der Waals surface area contributed by atoms with E-state index < -0.39 is 0 Å². The van der Waals surface area contributed by atoms with E-state index in [1.807, 2.05) is 4.90 Å². The van der Waals surface area contributed by atoms with Gasteiger partial charge in [-0.1, -0.05) is 19.1 Å². The first-order chi connectivity index (χ1) is 10.8. The van der Waals surface area contributed by atoms with Gasteiger partial charge in [-0.2, -0.15) is 0 Å². The lowest BCUT2D eigenvalue weighted by molar-refractivity contribution is 0.0343. The standard InChI is InChI=1S/C17H31N3O2/c1-2-8-18-17(21)20(15-16-6-4-3-5-7-16)10-9-19-11-13-22-14-12-19/h3-4,16H,2,5-15H2,1H3,(H,18,21)/t16-/m1/s1. The third-order valence-corrected chi connectivity index (χ3v) is 4.46. The number of allylic oxidation sites excluding steroid dienone is 2. The SMILES string of the molecule is CCCNC(=O)N(CCN1CCOCC1)C[C@@H]1CC=CCC1. The van der Waals surface area contributed by atoms with E-state index in [1.165, 1.54) is 6.42 Å². The fraction of sp³-hybridized carbons (Fsp3) is 0.824. The van der Waals surface area contributed by atoms with Gasteiger partial charge in [0.2, 0.25) is 0 Å². The summed E-state index contributed by atoms with van der Waals surface area (Å²) in [7, 11) is 0. The Labute approximate surface area is 134 Å². The number of hydrogen-bond acceptors (Lipinski definition) is 3. The minimum atomic E-state index is 0.102. The van der Waals surface area contributed by atoms with Gasteiger partial charge < -0.3 is 15.0 Å². The summed E-state index contributed by atoms with van der Waals surface area (Å²) in [5.41, 5.74) is 0. The maximum absolute atomic E-state index is 12.4. The molecule has 2 rings (SSSR count). The van der Waals surface area contributed by atoms with Crippen LogP contribution in [-0.4, -0.2) is 68.3 Å². The summed E-state index contributed by atoms with van der Waals surface area (Å²) >= 11 is 0. The van der Waals surface area contributed by atoms with Crippen LogP contribution in [0.2, 0.25) is 0 Å². The van der Waals surface area contributed by atoms with Crippen LogP contribution in [0, 0.1) is 5.92 Å². The number of rotatable bonds is 7. The predicted molar refractivity (Wildman–Crippen MR) is 89.0 cm³/mol.